The Labute approximate surface area is 150 Å². The Hall–Kier alpha value is -2.41. The minimum Gasteiger partial charge on any atom is -0.304 e. The largest absolute Gasteiger partial charge is 0.304 e. The van der Waals surface area contributed by atoms with E-state index in [0.717, 1.165) is 43.9 Å². The topological polar surface area (TPSA) is 23.6 Å². The molecule has 2 aromatic rings. The van der Waals surface area contributed by atoms with Crippen molar-refractivity contribution in [1.29, 1.82) is 0 Å². The van der Waals surface area contributed by atoms with Crippen LogP contribution in [0.5, 0.6) is 0 Å². The molecule has 0 unspecified atom stereocenters. The normalized spacial score (nSPS) is 15.7. The molecule has 1 aliphatic heterocycles. The van der Waals surface area contributed by atoms with Crippen molar-refractivity contribution in [3.8, 4) is 12.3 Å². The predicted molar refractivity (Wildman–Crippen MR) is 102 cm³/mol. The number of carbonyl (C=O) groups excluding carboxylic acids is 1. The molecule has 0 amide bonds. The maximum absolute atomic E-state index is 12.4. The molecular weight excluding hydrogens is 308 g/mol. The summed E-state index contributed by atoms with van der Waals surface area (Å²) in [7, 11) is 2.17. The summed E-state index contributed by atoms with van der Waals surface area (Å²) in [4.78, 5) is 17.2. The minimum atomic E-state index is 0.121. The van der Waals surface area contributed by atoms with Crippen molar-refractivity contribution in [1.82, 2.24) is 9.80 Å². The van der Waals surface area contributed by atoms with Crippen molar-refractivity contribution in [2.75, 3.05) is 33.2 Å². The molecule has 3 rings (SSSR count). The van der Waals surface area contributed by atoms with E-state index in [2.05, 4.69) is 47.0 Å². The van der Waals surface area contributed by atoms with Gasteiger partial charge in [-0.15, -0.1) is 6.42 Å². The van der Waals surface area contributed by atoms with Crippen LogP contribution in [0.3, 0.4) is 0 Å². The smallest absolute Gasteiger partial charge is 0.167 e. The molecule has 0 radical (unpaired) electrons. The molecule has 0 bridgehead atoms. The number of terminal acetylenes is 1. The van der Waals surface area contributed by atoms with Gasteiger partial charge in [-0.3, -0.25) is 9.69 Å². The molecule has 0 N–H and O–H groups in total. The van der Waals surface area contributed by atoms with Gasteiger partial charge in [-0.05, 0) is 30.3 Å². The van der Waals surface area contributed by atoms with Gasteiger partial charge in [0.2, 0.25) is 0 Å². The predicted octanol–water partition coefficient (Wildman–Crippen LogP) is 2.84. The van der Waals surface area contributed by atoms with Gasteiger partial charge in [0.15, 0.2) is 5.78 Å². The van der Waals surface area contributed by atoms with Crippen molar-refractivity contribution in [2.45, 2.75) is 13.0 Å². The molecular formula is C22H24N2O. The molecule has 3 heteroatoms. The zero-order chi connectivity index (χ0) is 17.6. The minimum absolute atomic E-state index is 0.121. The molecule has 0 spiro atoms. The molecule has 0 aromatic heterocycles. The van der Waals surface area contributed by atoms with Crippen molar-refractivity contribution in [2.24, 2.45) is 0 Å². The van der Waals surface area contributed by atoms with Gasteiger partial charge >= 0.3 is 0 Å². The van der Waals surface area contributed by atoms with Crippen LogP contribution in [-0.2, 0) is 13.0 Å². The number of nitrogens with zero attached hydrogens (tertiary/aromatic N) is 2. The Bertz CT molecular complexity index is 748. The second-order valence-electron chi connectivity index (χ2n) is 6.72. The van der Waals surface area contributed by atoms with E-state index in [1.54, 1.807) is 12.1 Å². The lowest BCUT2D eigenvalue weighted by Crippen LogP contribution is -2.43. The van der Waals surface area contributed by atoms with Gasteiger partial charge in [0, 0.05) is 50.3 Å². The number of piperazine rings is 1. The molecule has 25 heavy (non-hydrogen) atoms. The van der Waals surface area contributed by atoms with E-state index in [9.17, 15) is 4.79 Å². The number of likely N-dealkylation sites (N-methyl/N-ethyl adjacent to an activating group) is 1. The highest BCUT2D eigenvalue weighted by molar-refractivity contribution is 5.97. The van der Waals surface area contributed by atoms with Crippen LogP contribution in [0.4, 0.5) is 0 Å². The molecule has 1 aliphatic rings. The summed E-state index contributed by atoms with van der Waals surface area (Å²) >= 11 is 0. The summed E-state index contributed by atoms with van der Waals surface area (Å²) in [5.41, 5.74) is 3.86. The van der Waals surface area contributed by atoms with Crippen LogP contribution in [0, 0.1) is 12.3 Å². The van der Waals surface area contributed by atoms with Crippen LogP contribution in [0.1, 0.15) is 27.0 Å². The second-order valence-corrected chi connectivity index (χ2v) is 6.72. The van der Waals surface area contributed by atoms with Crippen LogP contribution in [0.25, 0.3) is 0 Å². The third-order valence-electron chi connectivity index (χ3n) is 4.76. The molecule has 3 nitrogen and oxygen atoms in total. The lowest BCUT2D eigenvalue weighted by Gasteiger charge is -2.32. The number of Topliss-reactive ketones (excluding diaryl/α,β-unsaturated/α-hetero) is 1. The first kappa shape index (κ1) is 17.4. The lowest BCUT2D eigenvalue weighted by atomic mass is 10.0. The van der Waals surface area contributed by atoms with Gasteiger partial charge in [0.1, 0.15) is 0 Å². The van der Waals surface area contributed by atoms with Gasteiger partial charge in [0.25, 0.3) is 0 Å². The Morgan fingerprint density at radius 3 is 2.16 bits per heavy atom. The monoisotopic (exact) mass is 332 g/mol. The number of rotatable bonds is 5. The first-order valence-electron chi connectivity index (χ1n) is 8.72. The van der Waals surface area contributed by atoms with E-state index in [1.165, 1.54) is 5.56 Å². The van der Waals surface area contributed by atoms with Gasteiger partial charge < -0.3 is 4.90 Å². The summed E-state index contributed by atoms with van der Waals surface area (Å²) in [6, 6.07) is 15.7. The SMILES string of the molecule is C#Cc1ccc(C(=O)Cc2ccc(CN3CCN(C)CC3)cc2)cc1. The van der Waals surface area contributed by atoms with E-state index >= 15 is 0 Å². The average Bonchev–Trinajstić information content (AvgIpc) is 2.65. The third-order valence-corrected chi connectivity index (χ3v) is 4.76. The van der Waals surface area contributed by atoms with Crippen molar-refractivity contribution in [3.05, 3.63) is 70.8 Å². The fourth-order valence-corrected chi connectivity index (χ4v) is 3.07. The number of hydrogen-bond donors (Lipinski definition) is 0. The van der Waals surface area contributed by atoms with Crippen LogP contribution >= 0.6 is 0 Å². The van der Waals surface area contributed by atoms with E-state index in [0.29, 0.717) is 12.0 Å². The Morgan fingerprint density at radius 1 is 0.960 bits per heavy atom. The fraction of sp³-hybridized carbons (Fsp3) is 0.318. The van der Waals surface area contributed by atoms with Crippen molar-refractivity contribution in [3.63, 3.8) is 0 Å². The lowest BCUT2D eigenvalue weighted by molar-refractivity contribution is 0.0993. The zero-order valence-electron chi connectivity index (χ0n) is 14.7. The molecule has 128 valence electrons. The second kappa shape index (κ2) is 8.11. The summed E-state index contributed by atoms with van der Waals surface area (Å²) in [5.74, 6) is 2.69. The molecule has 1 heterocycles. The van der Waals surface area contributed by atoms with Gasteiger partial charge in [0.05, 0.1) is 0 Å². The highest BCUT2D eigenvalue weighted by Crippen LogP contribution is 2.13. The molecule has 1 saturated heterocycles. The van der Waals surface area contributed by atoms with Crippen molar-refractivity contribution < 1.29 is 4.79 Å². The molecule has 2 aromatic carbocycles. The van der Waals surface area contributed by atoms with E-state index < -0.39 is 0 Å². The number of hydrogen-bond acceptors (Lipinski definition) is 3. The number of benzene rings is 2. The standard InChI is InChI=1S/C22H24N2O/c1-3-18-8-10-21(11-9-18)22(25)16-19-4-6-20(7-5-19)17-24-14-12-23(2)13-15-24/h1,4-11H,12-17H2,2H3. The Morgan fingerprint density at radius 2 is 1.56 bits per heavy atom. The molecule has 0 atom stereocenters. The first-order chi connectivity index (χ1) is 12.1. The maximum Gasteiger partial charge on any atom is 0.167 e. The van der Waals surface area contributed by atoms with Crippen LogP contribution in [0.15, 0.2) is 48.5 Å². The summed E-state index contributed by atoms with van der Waals surface area (Å²) < 4.78 is 0. The van der Waals surface area contributed by atoms with Gasteiger partial charge in [-0.25, -0.2) is 0 Å². The molecule has 0 saturated carbocycles. The molecule has 1 fully saturated rings. The summed E-state index contributed by atoms with van der Waals surface area (Å²) in [6.07, 6.45) is 5.77. The van der Waals surface area contributed by atoms with Crippen LogP contribution in [-0.4, -0.2) is 48.8 Å². The highest BCUT2D eigenvalue weighted by Gasteiger charge is 2.14. The zero-order valence-corrected chi connectivity index (χ0v) is 14.7. The Kier molecular flexibility index (Phi) is 5.65. The quantitative estimate of drug-likeness (QED) is 0.621. The third kappa shape index (κ3) is 4.79. The van der Waals surface area contributed by atoms with Gasteiger partial charge in [-0.2, -0.15) is 0 Å². The van der Waals surface area contributed by atoms with Gasteiger partial charge in [-0.1, -0.05) is 42.3 Å². The Balaban J connectivity index is 1.56. The van der Waals surface area contributed by atoms with E-state index in [1.807, 2.05) is 12.1 Å². The average molecular weight is 332 g/mol. The number of carbonyl (C=O) groups is 1. The molecule has 0 aliphatic carbocycles. The van der Waals surface area contributed by atoms with Crippen molar-refractivity contribution >= 4 is 5.78 Å². The van der Waals surface area contributed by atoms with E-state index in [4.69, 9.17) is 6.42 Å². The first-order valence-corrected chi connectivity index (χ1v) is 8.72. The summed E-state index contributed by atoms with van der Waals surface area (Å²) in [5, 5.41) is 0. The maximum atomic E-state index is 12.4. The van der Waals surface area contributed by atoms with E-state index in [-0.39, 0.29) is 5.78 Å². The van der Waals surface area contributed by atoms with Crippen LogP contribution in [0.2, 0.25) is 0 Å². The van der Waals surface area contributed by atoms with Crippen LogP contribution < -0.4 is 0 Å². The fourth-order valence-electron chi connectivity index (χ4n) is 3.07. The summed E-state index contributed by atoms with van der Waals surface area (Å²) in [6.45, 7) is 5.47. The number of ketones is 1. The highest BCUT2D eigenvalue weighted by atomic mass is 16.1.